The molecule has 1 saturated heterocycles. The molecule has 1 aromatic heterocycles. The number of aromatic hydroxyl groups is 1. The number of pyridine rings is 1. The van der Waals surface area contributed by atoms with Crippen LogP contribution in [0.5, 0.6) is 5.75 Å². The number of hydrogen-bond donors (Lipinski definition) is 1. The molecule has 0 amide bonds. The van der Waals surface area contributed by atoms with E-state index in [0.29, 0.717) is 6.04 Å². The molecule has 3 rings (SSSR count). The fourth-order valence-corrected chi connectivity index (χ4v) is 3.85. The minimum absolute atomic E-state index is 0.110. The highest BCUT2D eigenvalue weighted by Gasteiger charge is 2.21. The Morgan fingerprint density at radius 1 is 1.14 bits per heavy atom. The molecule has 0 aromatic carbocycles. The predicted octanol–water partition coefficient (Wildman–Crippen LogP) is 3.29. The summed E-state index contributed by atoms with van der Waals surface area (Å²) in [5, 5.41) is 9.85. The summed E-state index contributed by atoms with van der Waals surface area (Å²) in [5.41, 5.74) is 0.830. The highest BCUT2D eigenvalue weighted by atomic mass is 16.3. The molecule has 0 spiro atoms. The maximum absolute atomic E-state index is 11.9. The number of hydrogen-bond acceptors (Lipinski definition) is 3. The summed E-state index contributed by atoms with van der Waals surface area (Å²) in [6.07, 6.45) is 10.3. The van der Waals surface area contributed by atoms with Gasteiger partial charge in [0.15, 0.2) is 5.75 Å². The Bertz CT molecular complexity index is 553. The van der Waals surface area contributed by atoms with E-state index in [-0.39, 0.29) is 11.2 Å². The van der Waals surface area contributed by atoms with E-state index >= 15 is 0 Å². The van der Waals surface area contributed by atoms with Crippen LogP contribution in [-0.2, 0) is 6.54 Å². The van der Waals surface area contributed by atoms with Crippen LogP contribution in [0.1, 0.15) is 63.6 Å². The molecule has 2 aliphatic rings. The lowest BCUT2D eigenvalue weighted by molar-refractivity contribution is 0.178. The van der Waals surface area contributed by atoms with E-state index in [1.807, 2.05) is 0 Å². The molecule has 1 aromatic rings. The van der Waals surface area contributed by atoms with Gasteiger partial charge in [-0.3, -0.25) is 9.69 Å². The molecule has 1 aliphatic heterocycles. The molecular formula is C18H28N2O2. The van der Waals surface area contributed by atoms with E-state index in [1.165, 1.54) is 32.1 Å². The van der Waals surface area contributed by atoms with Crippen molar-refractivity contribution in [3.8, 4) is 5.75 Å². The third-order valence-electron chi connectivity index (χ3n) is 5.37. The first-order valence-electron chi connectivity index (χ1n) is 8.80. The monoisotopic (exact) mass is 304 g/mol. The fourth-order valence-electron chi connectivity index (χ4n) is 3.85. The molecule has 0 radical (unpaired) electrons. The smallest absolute Gasteiger partial charge is 0.223 e. The van der Waals surface area contributed by atoms with Crippen LogP contribution >= 0.6 is 0 Å². The molecule has 2 heterocycles. The van der Waals surface area contributed by atoms with E-state index in [0.717, 1.165) is 44.1 Å². The zero-order valence-corrected chi connectivity index (χ0v) is 13.6. The van der Waals surface area contributed by atoms with Crippen molar-refractivity contribution in [2.24, 2.45) is 5.92 Å². The van der Waals surface area contributed by atoms with Gasteiger partial charge in [0.25, 0.3) is 0 Å². The molecule has 0 bridgehead atoms. The Labute approximate surface area is 132 Å². The SMILES string of the molecule is CC1CCN(Cc2cc(=O)c(O)cn2C2CCCCC2)CC1. The second-order valence-electron chi connectivity index (χ2n) is 7.17. The second kappa shape index (κ2) is 6.86. The molecule has 1 N–H and O–H groups in total. The summed E-state index contributed by atoms with van der Waals surface area (Å²) in [4.78, 5) is 14.3. The predicted molar refractivity (Wildman–Crippen MR) is 88.2 cm³/mol. The molecule has 122 valence electrons. The van der Waals surface area contributed by atoms with Gasteiger partial charge in [-0.05, 0) is 44.7 Å². The molecule has 0 unspecified atom stereocenters. The maximum atomic E-state index is 11.9. The van der Waals surface area contributed by atoms with E-state index in [2.05, 4.69) is 16.4 Å². The highest BCUT2D eigenvalue weighted by molar-refractivity contribution is 5.21. The van der Waals surface area contributed by atoms with E-state index in [4.69, 9.17) is 0 Å². The number of nitrogens with zero attached hydrogens (tertiary/aromatic N) is 2. The van der Waals surface area contributed by atoms with Gasteiger partial charge in [0.2, 0.25) is 5.43 Å². The summed E-state index contributed by atoms with van der Waals surface area (Å²) in [5.74, 6) is 0.707. The standard InChI is InChI=1S/C18H28N2O2/c1-14-7-9-19(10-8-14)12-16-11-17(21)18(22)13-20(16)15-5-3-2-4-6-15/h11,13-15,22H,2-10,12H2,1H3. The van der Waals surface area contributed by atoms with Crippen molar-refractivity contribution in [2.75, 3.05) is 13.1 Å². The third kappa shape index (κ3) is 3.54. The normalized spacial score (nSPS) is 22.0. The van der Waals surface area contributed by atoms with Gasteiger partial charge in [0.05, 0.1) is 6.20 Å². The molecule has 4 nitrogen and oxygen atoms in total. The van der Waals surface area contributed by atoms with Crippen LogP contribution in [0.2, 0.25) is 0 Å². The quantitative estimate of drug-likeness (QED) is 0.932. The molecule has 0 atom stereocenters. The van der Waals surface area contributed by atoms with Crippen LogP contribution in [0.4, 0.5) is 0 Å². The molecule has 2 fully saturated rings. The van der Waals surface area contributed by atoms with Gasteiger partial charge < -0.3 is 9.67 Å². The minimum Gasteiger partial charge on any atom is -0.503 e. The molecule has 1 saturated carbocycles. The number of aromatic nitrogens is 1. The summed E-state index contributed by atoms with van der Waals surface area (Å²) in [6.45, 7) is 5.37. The summed E-state index contributed by atoms with van der Waals surface area (Å²) >= 11 is 0. The first kappa shape index (κ1) is 15.6. The van der Waals surface area contributed by atoms with E-state index in [1.54, 1.807) is 12.3 Å². The van der Waals surface area contributed by atoms with Gasteiger partial charge >= 0.3 is 0 Å². The van der Waals surface area contributed by atoms with Crippen LogP contribution in [-0.4, -0.2) is 27.7 Å². The lowest BCUT2D eigenvalue weighted by Gasteiger charge is -2.33. The molecule has 1 aliphatic carbocycles. The van der Waals surface area contributed by atoms with Crippen LogP contribution < -0.4 is 5.43 Å². The van der Waals surface area contributed by atoms with Gasteiger partial charge in [-0.25, -0.2) is 0 Å². The molecular weight excluding hydrogens is 276 g/mol. The number of likely N-dealkylation sites (tertiary alicyclic amines) is 1. The first-order chi connectivity index (χ1) is 10.6. The van der Waals surface area contributed by atoms with E-state index in [9.17, 15) is 9.90 Å². The van der Waals surface area contributed by atoms with Crippen LogP contribution in [0.3, 0.4) is 0 Å². The summed E-state index contributed by atoms with van der Waals surface area (Å²) in [6, 6.07) is 2.10. The topological polar surface area (TPSA) is 45.5 Å². The van der Waals surface area contributed by atoms with Crippen LogP contribution in [0.15, 0.2) is 17.1 Å². The van der Waals surface area contributed by atoms with Crippen molar-refractivity contribution >= 4 is 0 Å². The average molecular weight is 304 g/mol. The van der Waals surface area contributed by atoms with Crippen LogP contribution in [0, 0.1) is 5.92 Å². The Hall–Kier alpha value is -1.29. The average Bonchev–Trinajstić information content (AvgIpc) is 2.54. The largest absolute Gasteiger partial charge is 0.503 e. The van der Waals surface area contributed by atoms with Gasteiger partial charge in [-0.2, -0.15) is 0 Å². The van der Waals surface area contributed by atoms with Crippen LogP contribution in [0.25, 0.3) is 0 Å². The van der Waals surface area contributed by atoms with Gasteiger partial charge in [0, 0.05) is 24.3 Å². The Morgan fingerprint density at radius 2 is 1.82 bits per heavy atom. The van der Waals surface area contributed by atoms with Crippen molar-refractivity contribution in [3.05, 3.63) is 28.2 Å². The molecule has 22 heavy (non-hydrogen) atoms. The Kier molecular flexibility index (Phi) is 4.87. The van der Waals surface area contributed by atoms with Crippen molar-refractivity contribution < 1.29 is 5.11 Å². The maximum Gasteiger partial charge on any atom is 0.223 e. The van der Waals surface area contributed by atoms with Crippen molar-refractivity contribution in [3.63, 3.8) is 0 Å². The minimum atomic E-state index is -0.243. The summed E-state index contributed by atoms with van der Waals surface area (Å²) in [7, 11) is 0. The fraction of sp³-hybridized carbons (Fsp3) is 0.722. The van der Waals surface area contributed by atoms with Gasteiger partial charge in [-0.1, -0.05) is 26.2 Å². The lowest BCUT2D eigenvalue weighted by atomic mass is 9.94. The van der Waals surface area contributed by atoms with Crippen molar-refractivity contribution in [1.29, 1.82) is 0 Å². The second-order valence-corrected chi connectivity index (χ2v) is 7.17. The Balaban J connectivity index is 1.81. The van der Waals surface area contributed by atoms with Crippen molar-refractivity contribution in [1.82, 2.24) is 9.47 Å². The summed E-state index contributed by atoms with van der Waals surface area (Å²) < 4.78 is 2.19. The molecule has 4 heteroatoms. The zero-order valence-electron chi connectivity index (χ0n) is 13.6. The zero-order chi connectivity index (χ0) is 15.5. The lowest BCUT2D eigenvalue weighted by Crippen LogP contribution is -2.34. The van der Waals surface area contributed by atoms with Crippen molar-refractivity contribution in [2.45, 2.75) is 64.5 Å². The van der Waals surface area contributed by atoms with Gasteiger partial charge in [-0.15, -0.1) is 0 Å². The number of piperidine rings is 1. The van der Waals surface area contributed by atoms with Gasteiger partial charge in [0.1, 0.15) is 0 Å². The third-order valence-corrected chi connectivity index (χ3v) is 5.37. The highest BCUT2D eigenvalue weighted by Crippen LogP contribution is 2.30. The Morgan fingerprint density at radius 3 is 2.50 bits per heavy atom. The van der Waals surface area contributed by atoms with E-state index < -0.39 is 0 Å². The number of rotatable bonds is 3. The first-order valence-corrected chi connectivity index (χ1v) is 8.80.